The van der Waals surface area contributed by atoms with Crippen LogP contribution in [-0.2, 0) is 6.42 Å². The molecule has 3 heteroatoms. The maximum Gasteiger partial charge on any atom is 0.108 e. The lowest BCUT2D eigenvalue weighted by atomic mass is 10.2. The van der Waals surface area contributed by atoms with E-state index in [1.165, 1.54) is 12.0 Å². The van der Waals surface area contributed by atoms with E-state index in [4.69, 9.17) is 0 Å². The second kappa shape index (κ2) is 5.12. The van der Waals surface area contributed by atoms with Crippen LogP contribution in [0.3, 0.4) is 0 Å². The van der Waals surface area contributed by atoms with Crippen molar-refractivity contribution >= 4 is 11.0 Å². The van der Waals surface area contributed by atoms with Crippen molar-refractivity contribution in [1.29, 1.82) is 0 Å². The van der Waals surface area contributed by atoms with Gasteiger partial charge in [-0.05, 0) is 37.6 Å². The van der Waals surface area contributed by atoms with Crippen LogP contribution in [0.5, 0.6) is 0 Å². The van der Waals surface area contributed by atoms with Crippen molar-refractivity contribution in [3.8, 4) is 0 Å². The van der Waals surface area contributed by atoms with E-state index in [2.05, 4.69) is 47.3 Å². The van der Waals surface area contributed by atoms with Gasteiger partial charge in [0, 0.05) is 13.0 Å². The molecule has 0 amide bonds. The molecule has 0 spiro atoms. The van der Waals surface area contributed by atoms with Gasteiger partial charge in [-0.1, -0.05) is 13.0 Å². The molecule has 3 nitrogen and oxygen atoms in total. The molecule has 1 aromatic heterocycles. The number of benzene rings is 1. The van der Waals surface area contributed by atoms with Gasteiger partial charge in [-0.15, -0.1) is 0 Å². The summed E-state index contributed by atoms with van der Waals surface area (Å²) in [7, 11) is 0. The first-order chi connectivity index (χ1) is 7.79. The minimum atomic E-state index is 0.966. The van der Waals surface area contributed by atoms with Crippen molar-refractivity contribution in [3.05, 3.63) is 29.6 Å². The normalized spacial score (nSPS) is 11.1. The molecule has 16 heavy (non-hydrogen) atoms. The Morgan fingerprint density at radius 3 is 3.00 bits per heavy atom. The molecule has 1 aromatic carbocycles. The number of hydrogen-bond donors (Lipinski definition) is 2. The highest BCUT2D eigenvalue weighted by atomic mass is 14.9. The highest BCUT2D eigenvalue weighted by molar-refractivity contribution is 5.75. The van der Waals surface area contributed by atoms with Crippen molar-refractivity contribution in [2.45, 2.75) is 26.7 Å². The fraction of sp³-hybridized carbons (Fsp3) is 0.462. The van der Waals surface area contributed by atoms with Crippen LogP contribution in [-0.4, -0.2) is 23.1 Å². The zero-order valence-electron chi connectivity index (χ0n) is 10.0. The fourth-order valence-electron chi connectivity index (χ4n) is 1.80. The SMILES string of the molecule is CCCNCCc1nc2ccc(C)cc2[nH]1. The first-order valence-electron chi connectivity index (χ1n) is 5.95. The van der Waals surface area contributed by atoms with E-state index in [0.717, 1.165) is 36.4 Å². The highest BCUT2D eigenvalue weighted by Gasteiger charge is 2.01. The second-order valence-electron chi connectivity index (χ2n) is 4.20. The van der Waals surface area contributed by atoms with Gasteiger partial charge in [-0.2, -0.15) is 0 Å². The zero-order valence-corrected chi connectivity index (χ0v) is 10.0. The van der Waals surface area contributed by atoms with Crippen LogP contribution in [0.2, 0.25) is 0 Å². The van der Waals surface area contributed by atoms with Gasteiger partial charge in [0.05, 0.1) is 11.0 Å². The van der Waals surface area contributed by atoms with Gasteiger partial charge in [0.25, 0.3) is 0 Å². The second-order valence-corrected chi connectivity index (χ2v) is 4.20. The zero-order chi connectivity index (χ0) is 11.4. The Bertz CT molecular complexity index is 459. The van der Waals surface area contributed by atoms with E-state index in [1.807, 2.05) is 0 Å². The predicted molar refractivity (Wildman–Crippen MR) is 67.7 cm³/mol. The lowest BCUT2D eigenvalue weighted by Crippen LogP contribution is -2.18. The Balaban J connectivity index is 2.02. The predicted octanol–water partition coefficient (Wildman–Crippen LogP) is 2.41. The van der Waals surface area contributed by atoms with Crippen molar-refractivity contribution in [2.75, 3.05) is 13.1 Å². The molecule has 2 aromatic rings. The Morgan fingerprint density at radius 2 is 2.19 bits per heavy atom. The molecule has 0 atom stereocenters. The summed E-state index contributed by atoms with van der Waals surface area (Å²) < 4.78 is 0. The summed E-state index contributed by atoms with van der Waals surface area (Å²) in [5, 5.41) is 3.38. The third-order valence-electron chi connectivity index (χ3n) is 2.65. The summed E-state index contributed by atoms with van der Waals surface area (Å²) in [5.74, 6) is 1.07. The van der Waals surface area contributed by atoms with Gasteiger partial charge in [0.2, 0.25) is 0 Å². The molecule has 0 saturated heterocycles. The number of aromatic nitrogens is 2. The Hall–Kier alpha value is -1.35. The Labute approximate surface area is 96.3 Å². The number of nitrogens with one attached hydrogen (secondary N) is 2. The summed E-state index contributed by atoms with van der Waals surface area (Å²) in [6, 6.07) is 6.32. The molecule has 0 radical (unpaired) electrons. The largest absolute Gasteiger partial charge is 0.342 e. The van der Waals surface area contributed by atoms with Gasteiger partial charge in [-0.25, -0.2) is 4.98 Å². The third kappa shape index (κ3) is 2.61. The average Bonchev–Trinajstić information content (AvgIpc) is 2.66. The molecule has 2 rings (SSSR count). The van der Waals surface area contributed by atoms with E-state index >= 15 is 0 Å². The molecule has 1 heterocycles. The lowest BCUT2D eigenvalue weighted by molar-refractivity contribution is 0.661. The molecule has 0 aliphatic heterocycles. The van der Waals surface area contributed by atoms with E-state index in [1.54, 1.807) is 0 Å². The minimum Gasteiger partial charge on any atom is -0.342 e. The number of nitrogens with zero attached hydrogens (tertiary/aromatic N) is 1. The number of hydrogen-bond acceptors (Lipinski definition) is 2. The van der Waals surface area contributed by atoms with Crippen LogP contribution < -0.4 is 5.32 Å². The molecule has 0 aliphatic rings. The molecule has 0 unspecified atom stereocenters. The summed E-state index contributed by atoms with van der Waals surface area (Å²) in [4.78, 5) is 7.92. The fourth-order valence-corrected chi connectivity index (χ4v) is 1.80. The molecule has 0 aliphatic carbocycles. The first kappa shape index (κ1) is 11.1. The molecule has 0 bridgehead atoms. The Kier molecular flexibility index (Phi) is 3.57. The monoisotopic (exact) mass is 217 g/mol. The number of imidazole rings is 1. The summed E-state index contributed by atoms with van der Waals surface area (Å²) in [6.07, 6.45) is 2.15. The third-order valence-corrected chi connectivity index (χ3v) is 2.65. The molecule has 0 saturated carbocycles. The summed E-state index contributed by atoms with van der Waals surface area (Å²) in [5.41, 5.74) is 3.48. The van der Waals surface area contributed by atoms with Crippen LogP contribution in [0.1, 0.15) is 24.7 Å². The number of aromatic amines is 1. The van der Waals surface area contributed by atoms with Crippen molar-refractivity contribution < 1.29 is 0 Å². The van der Waals surface area contributed by atoms with E-state index in [-0.39, 0.29) is 0 Å². The van der Waals surface area contributed by atoms with Gasteiger partial charge in [0.15, 0.2) is 0 Å². The van der Waals surface area contributed by atoms with Crippen molar-refractivity contribution in [1.82, 2.24) is 15.3 Å². The van der Waals surface area contributed by atoms with Gasteiger partial charge in [-0.3, -0.25) is 0 Å². The number of aryl methyl sites for hydroxylation is 1. The molecular formula is C13H19N3. The van der Waals surface area contributed by atoms with Gasteiger partial charge < -0.3 is 10.3 Å². The van der Waals surface area contributed by atoms with Crippen LogP contribution >= 0.6 is 0 Å². The molecule has 86 valence electrons. The topological polar surface area (TPSA) is 40.7 Å². The quantitative estimate of drug-likeness (QED) is 0.755. The maximum atomic E-state index is 4.56. The molecule has 2 N–H and O–H groups in total. The van der Waals surface area contributed by atoms with Gasteiger partial charge >= 0.3 is 0 Å². The average molecular weight is 217 g/mol. The van der Waals surface area contributed by atoms with Crippen LogP contribution in [0.4, 0.5) is 0 Å². The molecule has 0 fully saturated rings. The first-order valence-corrected chi connectivity index (χ1v) is 5.95. The van der Waals surface area contributed by atoms with Crippen molar-refractivity contribution in [3.63, 3.8) is 0 Å². The lowest BCUT2D eigenvalue weighted by Gasteiger charge is -1.99. The number of fused-ring (bicyclic) bond motifs is 1. The van der Waals surface area contributed by atoms with E-state index in [0.29, 0.717) is 0 Å². The summed E-state index contributed by atoms with van der Waals surface area (Å²) in [6.45, 7) is 6.35. The minimum absolute atomic E-state index is 0.966. The van der Waals surface area contributed by atoms with Gasteiger partial charge in [0.1, 0.15) is 5.82 Å². The summed E-state index contributed by atoms with van der Waals surface area (Å²) >= 11 is 0. The smallest absolute Gasteiger partial charge is 0.108 e. The standard InChI is InChI=1S/C13H19N3/c1-3-7-14-8-6-13-15-11-5-4-10(2)9-12(11)16-13/h4-5,9,14H,3,6-8H2,1-2H3,(H,15,16). The highest BCUT2D eigenvalue weighted by Crippen LogP contribution is 2.13. The van der Waals surface area contributed by atoms with E-state index < -0.39 is 0 Å². The Morgan fingerprint density at radius 1 is 1.31 bits per heavy atom. The van der Waals surface area contributed by atoms with Crippen molar-refractivity contribution in [2.24, 2.45) is 0 Å². The van der Waals surface area contributed by atoms with Crippen LogP contribution in [0.25, 0.3) is 11.0 Å². The van der Waals surface area contributed by atoms with E-state index in [9.17, 15) is 0 Å². The van der Waals surface area contributed by atoms with Crippen LogP contribution in [0.15, 0.2) is 18.2 Å². The maximum absolute atomic E-state index is 4.56. The van der Waals surface area contributed by atoms with Crippen LogP contribution in [0, 0.1) is 6.92 Å². The number of rotatable bonds is 5. The molecular weight excluding hydrogens is 198 g/mol. The number of H-pyrrole nitrogens is 1.